The highest BCUT2D eigenvalue weighted by atomic mass is 16.5. The molecule has 0 aromatic heterocycles. The number of carbonyl (C=O) groups excluding carboxylic acids is 1. The number of hydroxylamine groups is 2. The van der Waals surface area contributed by atoms with Crippen molar-refractivity contribution in [3.63, 3.8) is 0 Å². The third-order valence-electron chi connectivity index (χ3n) is 2.39. The normalized spacial score (nSPS) is 18.6. The molecule has 1 unspecified atom stereocenters. The predicted octanol–water partition coefficient (Wildman–Crippen LogP) is 0.871. The van der Waals surface area contributed by atoms with Crippen molar-refractivity contribution in [1.82, 2.24) is 5.06 Å². The zero-order valence-electron chi connectivity index (χ0n) is 7.90. The fourth-order valence-corrected chi connectivity index (χ4v) is 1.67. The molecule has 0 radical (unpaired) electrons. The van der Waals surface area contributed by atoms with Gasteiger partial charge in [-0.25, -0.2) is 5.06 Å². The number of anilines is 1. The number of likely N-dealkylation sites (N-methyl/N-ethyl adjacent to an activating group) is 1. The van der Waals surface area contributed by atoms with Gasteiger partial charge < -0.3 is 5.32 Å². The molecular weight excluding hydrogens is 180 g/mol. The number of nitrogens with one attached hydrogen (secondary N) is 1. The van der Waals surface area contributed by atoms with Gasteiger partial charge in [0, 0.05) is 19.2 Å². The number of amides is 1. The molecule has 2 rings (SSSR count). The molecule has 0 saturated heterocycles. The molecule has 14 heavy (non-hydrogen) atoms. The fourth-order valence-electron chi connectivity index (χ4n) is 1.67. The first-order valence-corrected chi connectivity index (χ1v) is 4.49. The van der Waals surface area contributed by atoms with Crippen LogP contribution in [-0.2, 0) is 11.2 Å². The molecule has 1 aromatic carbocycles. The fraction of sp³-hybridized carbons (Fsp3) is 0.300. The van der Waals surface area contributed by atoms with Crippen molar-refractivity contribution in [2.24, 2.45) is 0 Å². The van der Waals surface area contributed by atoms with Gasteiger partial charge in [-0.2, -0.15) is 0 Å². The molecule has 4 nitrogen and oxygen atoms in total. The lowest BCUT2D eigenvalue weighted by atomic mass is 10.1. The molecule has 0 aliphatic carbocycles. The van der Waals surface area contributed by atoms with E-state index in [4.69, 9.17) is 5.21 Å². The Morgan fingerprint density at radius 3 is 2.93 bits per heavy atom. The standard InChI is InChI=1S/C10H12N2O2/c1-12(14)10(13)9-6-7-4-2-3-5-8(7)11-9/h2-5,9,11,14H,6H2,1H3. The van der Waals surface area contributed by atoms with E-state index in [1.165, 1.54) is 7.05 Å². The van der Waals surface area contributed by atoms with Crippen molar-refractivity contribution in [1.29, 1.82) is 0 Å². The Morgan fingerprint density at radius 2 is 2.29 bits per heavy atom. The monoisotopic (exact) mass is 192 g/mol. The Hall–Kier alpha value is -1.55. The van der Waals surface area contributed by atoms with Gasteiger partial charge in [0.1, 0.15) is 6.04 Å². The van der Waals surface area contributed by atoms with E-state index in [-0.39, 0.29) is 11.9 Å². The molecule has 1 aromatic rings. The van der Waals surface area contributed by atoms with Gasteiger partial charge in [-0.05, 0) is 11.6 Å². The smallest absolute Gasteiger partial charge is 0.268 e. The number of nitrogens with zero attached hydrogens (tertiary/aromatic N) is 1. The third-order valence-corrected chi connectivity index (χ3v) is 2.39. The highest BCUT2D eigenvalue weighted by Crippen LogP contribution is 2.25. The van der Waals surface area contributed by atoms with Gasteiger partial charge >= 0.3 is 0 Å². The number of hydrogen-bond donors (Lipinski definition) is 2. The number of para-hydroxylation sites is 1. The van der Waals surface area contributed by atoms with Crippen LogP contribution in [0.25, 0.3) is 0 Å². The Bertz CT molecular complexity index is 338. The van der Waals surface area contributed by atoms with E-state index >= 15 is 0 Å². The summed E-state index contributed by atoms with van der Waals surface area (Å²) >= 11 is 0. The van der Waals surface area contributed by atoms with Crippen LogP contribution in [0.5, 0.6) is 0 Å². The highest BCUT2D eigenvalue weighted by molar-refractivity contribution is 5.86. The average molecular weight is 192 g/mol. The van der Waals surface area contributed by atoms with Crippen LogP contribution in [0.15, 0.2) is 24.3 Å². The molecule has 1 amide bonds. The van der Waals surface area contributed by atoms with Crippen molar-refractivity contribution >= 4 is 11.6 Å². The van der Waals surface area contributed by atoms with Crippen LogP contribution < -0.4 is 5.32 Å². The van der Waals surface area contributed by atoms with Crippen molar-refractivity contribution in [2.75, 3.05) is 12.4 Å². The maximum absolute atomic E-state index is 11.4. The molecule has 1 aliphatic rings. The molecule has 1 aliphatic heterocycles. The van der Waals surface area contributed by atoms with Gasteiger partial charge in [0.15, 0.2) is 0 Å². The molecule has 0 bridgehead atoms. The van der Waals surface area contributed by atoms with E-state index in [9.17, 15) is 4.79 Å². The van der Waals surface area contributed by atoms with Crippen molar-refractivity contribution in [2.45, 2.75) is 12.5 Å². The summed E-state index contributed by atoms with van der Waals surface area (Å²) in [4.78, 5) is 11.4. The summed E-state index contributed by atoms with van der Waals surface area (Å²) in [7, 11) is 1.34. The topological polar surface area (TPSA) is 52.6 Å². The number of benzene rings is 1. The number of hydrogen-bond acceptors (Lipinski definition) is 3. The van der Waals surface area contributed by atoms with E-state index in [1.54, 1.807) is 0 Å². The molecule has 4 heteroatoms. The van der Waals surface area contributed by atoms with Crippen LogP contribution in [0, 0.1) is 0 Å². The van der Waals surface area contributed by atoms with Crippen LogP contribution in [0.3, 0.4) is 0 Å². The third kappa shape index (κ3) is 1.44. The van der Waals surface area contributed by atoms with E-state index in [0.717, 1.165) is 11.3 Å². The van der Waals surface area contributed by atoms with E-state index in [0.29, 0.717) is 11.5 Å². The SMILES string of the molecule is CN(O)C(=O)C1Cc2ccccc2N1. The minimum absolute atomic E-state index is 0.304. The molecule has 74 valence electrons. The van der Waals surface area contributed by atoms with Gasteiger partial charge in [0.2, 0.25) is 0 Å². The quantitative estimate of drug-likeness (QED) is 0.513. The maximum Gasteiger partial charge on any atom is 0.268 e. The predicted molar refractivity (Wildman–Crippen MR) is 52.1 cm³/mol. The molecule has 1 atom stereocenters. The largest absolute Gasteiger partial charge is 0.373 e. The lowest BCUT2D eigenvalue weighted by Crippen LogP contribution is -2.37. The molecule has 0 saturated carbocycles. The zero-order chi connectivity index (χ0) is 10.1. The van der Waals surface area contributed by atoms with Gasteiger partial charge in [-0.3, -0.25) is 10.0 Å². The molecule has 0 fully saturated rings. The number of fused-ring (bicyclic) bond motifs is 1. The average Bonchev–Trinajstić information content (AvgIpc) is 2.59. The van der Waals surface area contributed by atoms with Crippen molar-refractivity contribution in [3.05, 3.63) is 29.8 Å². The van der Waals surface area contributed by atoms with Gasteiger partial charge in [0.25, 0.3) is 5.91 Å². The molecular formula is C10H12N2O2. The summed E-state index contributed by atoms with van der Waals surface area (Å²) in [6.45, 7) is 0. The van der Waals surface area contributed by atoms with Crippen LogP contribution >= 0.6 is 0 Å². The van der Waals surface area contributed by atoms with Gasteiger partial charge in [0.05, 0.1) is 0 Å². The van der Waals surface area contributed by atoms with Gasteiger partial charge in [-0.1, -0.05) is 18.2 Å². The van der Waals surface area contributed by atoms with E-state index in [1.807, 2.05) is 24.3 Å². The number of carbonyl (C=O) groups is 1. The maximum atomic E-state index is 11.4. The van der Waals surface area contributed by atoms with Crippen molar-refractivity contribution in [3.8, 4) is 0 Å². The van der Waals surface area contributed by atoms with Crippen LogP contribution in [-0.4, -0.2) is 29.3 Å². The first-order chi connectivity index (χ1) is 6.68. The summed E-state index contributed by atoms with van der Waals surface area (Å²) in [5.74, 6) is -0.304. The summed E-state index contributed by atoms with van der Waals surface area (Å²) in [5.41, 5.74) is 2.10. The summed E-state index contributed by atoms with van der Waals surface area (Å²) in [5, 5.41) is 12.7. The zero-order valence-corrected chi connectivity index (χ0v) is 7.90. The van der Waals surface area contributed by atoms with Crippen LogP contribution in [0.1, 0.15) is 5.56 Å². The summed E-state index contributed by atoms with van der Waals surface area (Å²) < 4.78 is 0. The Kier molecular flexibility index (Phi) is 2.13. The number of rotatable bonds is 1. The first kappa shape index (κ1) is 9.02. The Labute approximate surface area is 82.1 Å². The molecule has 0 spiro atoms. The second kappa shape index (κ2) is 3.31. The second-order valence-corrected chi connectivity index (χ2v) is 3.42. The lowest BCUT2D eigenvalue weighted by molar-refractivity contribution is -0.160. The van der Waals surface area contributed by atoms with Crippen molar-refractivity contribution < 1.29 is 10.0 Å². The minimum atomic E-state index is -0.331. The minimum Gasteiger partial charge on any atom is -0.373 e. The molecule has 2 N–H and O–H groups in total. The first-order valence-electron chi connectivity index (χ1n) is 4.49. The molecule has 1 heterocycles. The van der Waals surface area contributed by atoms with E-state index in [2.05, 4.69) is 5.32 Å². The summed E-state index contributed by atoms with van der Waals surface area (Å²) in [6.07, 6.45) is 0.639. The van der Waals surface area contributed by atoms with Crippen LogP contribution in [0.4, 0.5) is 5.69 Å². The Balaban J connectivity index is 2.16. The van der Waals surface area contributed by atoms with Gasteiger partial charge in [-0.15, -0.1) is 0 Å². The van der Waals surface area contributed by atoms with E-state index < -0.39 is 0 Å². The second-order valence-electron chi connectivity index (χ2n) is 3.42. The Morgan fingerprint density at radius 1 is 1.57 bits per heavy atom. The lowest BCUT2D eigenvalue weighted by Gasteiger charge is -2.14. The summed E-state index contributed by atoms with van der Waals surface area (Å²) in [6, 6.07) is 7.44. The van der Waals surface area contributed by atoms with Crippen LogP contribution in [0.2, 0.25) is 0 Å². The highest BCUT2D eigenvalue weighted by Gasteiger charge is 2.27.